The van der Waals surface area contributed by atoms with Crippen molar-refractivity contribution in [1.29, 1.82) is 0 Å². The Morgan fingerprint density at radius 2 is 1.76 bits per heavy atom. The smallest absolute Gasteiger partial charge is 0.264 e. The van der Waals surface area contributed by atoms with E-state index in [0.717, 1.165) is 30.0 Å². The minimum absolute atomic E-state index is 0.135. The molecule has 0 aromatic heterocycles. The van der Waals surface area contributed by atoms with E-state index in [1.807, 2.05) is 0 Å². The Labute approximate surface area is 176 Å². The van der Waals surface area contributed by atoms with Gasteiger partial charge in [0, 0.05) is 13.1 Å². The van der Waals surface area contributed by atoms with Gasteiger partial charge in [0.05, 0.1) is 28.3 Å². The van der Waals surface area contributed by atoms with Crippen LogP contribution >= 0.6 is 11.6 Å². The van der Waals surface area contributed by atoms with Crippen molar-refractivity contribution in [3.8, 4) is 5.75 Å². The van der Waals surface area contributed by atoms with Gasteiger partial charge in [-0.25, -0.2) is 8.42 Å². The Morgan fingerprint density at radius 3 is 2.34 bits per heavy atom. The molecular weight excluding hydrogens is 412 g/mol. The van der Waals surface area contributed by atoms with Gasteiger partial charge in [0.25, 0.3) is 15.9 Å². The summed E-state index contributed by atoms with van der Waals surface area (Å²) in [4.78, 5) is 12.7. The largest absolute Gasteiger partial charge is 0.497 e. The molecule has 0 unspecified atom stereocenters. The number of methoxy groups -OCH3 is 1. The average molecular weight is 437 g/mol. The van der Waals surface area contributed by atoms with E-state index in [0.29, 0.717) is 17.0 Å². The van der Waals surface area contributed by atoms with Crippen LogP contribution in [0.25, 0.3) is 0 Å². The van der Waals surface area contributed by atoms with Crippen LogP contribution in [0.5, 0.6) is 5.75 Å². The van der Waals surface area contributed by atoms with Crippen LogP contribution < -0.4 is 14.4 Å². The zero-order valence-electron chi connectivity index (χ0n) is 16.5. The summed E-state index contributed by atoms with van der Waals surface area (Å²) in [6, 6.07) is 11.0. The summed E-state index contributed by atoms with van der Waals surface area (Å²) in [5, 5.41) is 3.24. The van der Waals surface area contributed by atoms with E-state index >= 15 is 0 Å². The molecule has 1 N–H and O–H groups in total. The van der Waals surface area contributed by atoms with Gasteiger partial charge in [-0.15, -0.1) is 0 Å². The van der Waals surface area contributed by atoms with Gasteiger partial charge < -0.3 is 10.1 Å². The lowest BCUT2D eigenvalue weighted by Crippen LogP contribution is -2.36. The molecule has 0 aliphatic heterocycles. The van der Waals surface area contributed by atoms with Crippen LogP contribution in [0.15, 0.2) is 47.4 Å². The van der Waals surface area contributed by atoms with Crippen molar-refractivity contribution in [3.05, 3.63) is 53.1 Å². The van der Waals surface area contributed by atoms with Gasteiger partial charge >= 0.3 is 0 Å². The lowest BCUT2D eigenvalue weighted by molar-refractivity contribution is 0.0928. The first-order valence-electron chi connectivity index (χ1n) is 9.56. The van der Waals surface area contributed by atoms with Crippen molar-refractivity contribution in [3.63, 3.8) is 0 Å². The molecule has 1 amide bonds. The second-order valence-electron chi connectivity index (χ2n) is 7.12. The van der Waals surface area contributed by atoms with E-state index in [1.54, 1.807) is 24.3 Å². The molecule has 2 aromatic carbocycles. The number of nitrogens with zero attached hydrogens (tertiary/aromatic N) is 1. The van der Waals surface area contributed by atoms with Crippen LogP contribution in [0.1, 0.15) is 42.5 Å². The van der Waals surface area contributed by atoms with E-state index < -0.39 is 10.0 Å². The van der Waals surface area contributed by atoms with Gasteiger partial charge in [-0.2, -0.15) is 0 Å². The highest BCUT2D eigenvalue weighted by Gasteiger charge is 2.23. The van der Waals surface area contributed by atoms with E-state index in [1.165, 1.54) is 38.8 Å². The number of hydrogen-bond donors (Lipinski definition) is 1. The number of benzene rings is 2. The normalized spacial score (nSPS) is 15.0. The van der Waals surface area contributed by atoms with Gasteiger partial charge in [-0.1, -0.05) is 30.9 Å². The summed E-state index contributed by atoms with van der Waals surface area (Å²) in [5.74, 6) is 0.345. The number of hydrogen-bond acceptors (Lipinski definition) is 4. The van der Waals surface area contributed by atoms with Gasteiger partial charge in [0.15, 0.2) is 0 Å². The molecule has 0 atom stereocenters. The maximum absolute atomic E-state index is 12.9. The predicted molar refractivity (Wildman–Crippen MR) is 114 cm³/mol. The van der Waals surface area contributed by atoms with E-state index in [4.69, 9.17) is 16.3 Å². The quantitative estimate of drug-likeness (QED) is 0.734. The molecule has 2 aromatic rings. The zero-order valence-corrected chi connectivity index (χ0v) is 18.1. The molecule has 1 aliphatic rings. The molecule has 156 valence electrons. The van der Waals surface area contributed by atoms with Gasteiger partial charge in [0.1, 0.15) is 5.75 Å². The Kier molecular flexibility index (Phi) is 6.70. The maximum Gasteiger partial charge on any atom is 0.264 e. The van der Waals surface area contributed by atoms with Crippen molar-refractivity contribution < 1.29 is 17.9 Å². The minimum atomic E-state index is -3.77. The van der Waals surface area contributed by atoms with Crippen molar-refractivity contribution in [2.75, 3.05) is 18.5 Å². The highest BCUT2D eigenvalue weighted by atomic mass is 35.5. The Hall–Kier alpha value is -2.25. The van der Waals surface area contributed by atoms with Crippen molar-refractivity contribution in [2.45, 2.75) is 43.0 Å². The molecule has 1 fully saturated rings. The summed E-state index contributed by atoms with van der Waals surface area (Å²) < 4.78 is 32.0. The van der Waals surface area contributed by atoms with Crippen LogP contribution in [-0.4, -0.2) is 34.5 Å². The summed E-state index contributed by atoms with van der Waals surface area (Å²) in [6.07, 6.45) is 5.39. The predicted octanol–water partition coefficient (Wildman–Crippen LogP) is 4.24. The third-order valence-corrected chi connectivity index (χ3v) is 7.33. The highest BCUT2D eigenvalue weighted by Crippen LogP contribution is 2.28. The number of nitrogens with one attached hydrogen (secondary N) is 1. The number of amides is 1. The maximum atomic E-state index is 12.9. The number of carbonyl (C=O) groups excluding carboxylic acids is 1. The Bertz CT molecular complexity index is 971. The highest BCUT2D eigenvalue weighted by molar-refractivity contribution is 7.92. The Balaban J connectivity index is 1.78. The van der Waals surface area contributed by atoms with Crippen LogP contribution in [0.3, 0.4) is 0 Å². The lowest BCUT2D eigenvalue weighted by atomic mass is 9.95. The summed E-state index contributed by atoms with van der Waals surface area (Å²) in [6.45, 7) is 0. The molecule has 0 spiro atoms. The first kappa shape index (κ1) is 21.5. The summed E-state index contributed by atoms with van der Waals surface area (Å²) in [7, 11) is -0.802. The van der Waals surface area contributed by atoms with Crippen molar-refractivity contribution in [1.82, 2.24) is 5.32 Å². The molecule has 6 nitrogen and oxygen atoms in total. The van der Waals surface area contributed by atoms with Crippen LogP contribution in [0, 0.1) is 0 Å². The van der Waals surface area contributed by atoms with Gasteiger partial charge in [0.2, 0.25) is 0 Å². The fourth-order valence-corrected chi connectivity index (χ4v) is 4.89. The molecule has 29 heavy (non-hydrogen) atoms. The van der Waals surface area contributed by atoms with Gasteiger partial charge in [-0.05, 0) is 55.3 Å². The summed E-state index contributed by atoms with van der Waals surface area (Å²) in [5.41, 5.74) is 0.719. The second kappa shape index (κ2) is 9.05. The van der Waals surface area contributed by atoms with E-state index in [-0.39, 0.29) is 21.9 Å². The molecule has 0 heterocycles. The molecule has 1 saturated carbocycles. The first-order valence-corrected chi connectivity index (χ1v) is 11.4. The molecule has 0 bridgehead atoms. The number of sulfonamides is 1. The zero-order chi connectivity index (χ0) is 21.0. The fourth-order valence-electron chi connectivity index (χ4n) is 3.44. The molecular formula is C21H25ClN2O4S. The monoisotopic (exact) mass is 436 g/mol. The van der Waals surface area contributed by atoms with Gasteiger partial charge in [-0.3, -0.25) is 9.10 Å². The van der Waals surface area contributed by atoms with E-state index in [9.17, 15) is 13.2 Å². The molecule has 0 saturated heterocycles. The standard InChI is InChI=1S/C21H25ClN2O4S/c1-24(29(26,27)18-11-9-17(28-2)10-12-18)16-8-13-19(20(22)14-16)21(25)23-15-6-4-3-5-7-15/h8-15H,3-7H2,1-2H3,(H,23,25). The topological polar surface area (TPSA) is 75.7 Å². The molecule has 1 aliphatic carbocycles. The lowest BCUT2D eigenvalue weighted by Gasteiger charge is -2.23. The second-order valence-corrected chi connectivity index (χ2v) is 9.50. The summed E-state index contributed by atoms with van der Waals surface area (Å²) >= 11 is 6.32. The molecule has 8 heteroatoms. The third-order valence-electron chi connectivity index (χ3n) is 5.22. The van der Waals surface area contributed by atoms with E-state index in [2.05, 4.69) is 5.32 Å². The first-order chi connectivity index (χ1) is 13.8. The van der Waals surface area contributed by atoms with Crippen LogP contribution in [0.4, 0.5) is 5.69 Å². The van der Waals surface area contributed by atoms with Crippen LogP contribution in [-0.2, 0) is 10.0 Å². The SMILES string of the molecule is COc1ccc(S(=O)(=O)N(C)c2ccc(C(=O)NC3CCCCC3)c(Cl)c2)cc1. The Morgan fingerprint density at radius 1 is 1.10 bits per heavy atom. The third kappa shape index (κ3) is 4.85. The molecule has 0 radical (unpaired) electrons. The number of halogens is 1. The van der Waals surface area contributed by atoms with Crippen molar-refractivity contribution in [2.24, 2.45) is 0 Å². The van der Waals surface area contributed by atoms with Crippen molar-refractivity contribution >= 4 is 33.2 Å². The number of anilines is 1. The minimum Gasteiger partial charge on any atom is -0.497 e. The number of rotatable bonds is 6. The van der Waals surface area contributed by atoms with Crippen LogP contribution in [0.2, 0.25) is 5.02 Å². The number of ether oxygens (including phenoxy) is 1. The average Bonchev–Trinajstić information content (AvgIpc) is 2.73. The molecule has 3 rings (SSSR count). The fraction of sp³-hybridized carbons (Fsp3) is 0.381. The number of carbonyl (C=O) groups is 1.